The van der Waals surface area contributed by atoms with Crippen molar-refractivity contribution in [2.24, 2.45) is 4.99 Å². The van der Waals surface area contributed by atoms with Crippen molar-refractivity contribution < 1.29 is 13.2 Å². The molecule has 4 rings (SSSR count). The number of aliphatic imine (C=N–C) groups is 1. The van der Waals surface area contributed by atoms with Gasteiger partial charge in [-0.15, -0.1) is 0 Å². The van der Waals surface area contributed by atoms with Crippen LogP contribution in [0.2, 0.25) is 0 Å². The molecule has 2 N–H and O–H groups in total. The average molecular weight is 483 g/mol. The van der Waals surface area contributed by atoms with Crippen molar-refractivity contribution in [3.05, 3.63) is 53.6 Å². The summed E-state index contributed by atoms with van der Waals surface area (Å²) in [6.45, 7) is 4.86. The first-order chi connectivity index (χ1) is 16.5. The van der Waals surface area contributed by atoms with E-state index in [4.69, 9.17) is 0 Å². The highest BCUT2D eigenvalue weighted by Gasteiger charge is 2.23. The van der Waals surface area contributed by atoms with Gasteiger partial charge in [-0.25, -0.2) is 8.42 Å². The van der Waals surface area contributed by atoms with Crippen molar-refractivity contribution >= 4 is 33.5 Å². The first kappa shape index (κ1) is 24.4. The maximum Gasteiger partial charge on any atom is 0.261 e. The summed E-state index contributed by atoms with van der Waals surface area (Å²) in [5.41, 5.74) is 2.78. The van der Waals surface area contributed by atoms with E-state index in [0.29, 0.717) is 35.9 Å². The second-order valence-corrected chi connectivity index (χ2v) is 10.7. The number of carbonyl (C=O) groups excluding carboxylic acids is 1. The number of amides is 1. The van der Waals surface area contributed by atoms with Gasteiger partial charge in [0.25, 0.3) is 15.9 Å². The number of carbonyl (C=O) groups is 1. The molecule has 8 heteroatoms. The van der Waals surface area contributed by atoms with E-state index in [1.807, 2.05) is 17.9 Å². The minimum Gasteiger partial charge on any atom is -0.337 e. The zero-order valence-corrected chi connectivity index (χ0v) is 20.6. The summed E-state index contributed by atoms with van der Waals surface area (Å²) < 4.78 is 29.2. The van der Waals surface area contributed by atoms with E-state index in [-0.39, 0.29) is 10.8 Å². The minimum atomic E-state index is -3.83. The molecule has 182 valence electrons. The van der Waals surface area contributed by atoms with Crippen molar-refractivity contribution in [3.63, 3.8) is 0 Å². The molecular formula is C26H34N4O3S. The van der Waals surface area contributed by atoms with Crippen molar-refractivity contribution in [2.75, 3.05) is 30.9 Å². The fourth-order valence-electron chi connectivity index (χ4n) is 4.87. The second-order valence-electron chi connectivity index (χ2n) is 8.99. The normalized spacial score (nSPS) is 18.1. The topological polar surface area (TPSA) is 90.9 Å². The molecule has 1 saturated carbocycles. The van der Waals surface area contributed by atoms with Gasteiger partial charge in [-0.1, -0.05) is 31.4 Å². The number of para-hydroxylation sites is 1. The Labute approximate surface area is 202 Å². The number of benzene rings is 2. The van der Waals surface area contributed by atoms with Crippen LogP contribution in [0.3, 0.4) is 0 Å². The first-order valence-corrected chi connectivity index (χ1v) is 13.7. The number of anilines is 1. The summed E-state index contributed by atoms with van der Waals surface area (Å²) in [7, 11) is -3.83. The molecule has 1 aliphatic carbocycles. The van der Waals surface area contributed by atoms with Crippen LogP contribution in [0.1, 0.15) is 67.3 Å². The van der Waals surface area contributed by atoms with E-state index >= 15 is 0 Å². The predicted octanol–water partition coefficient (Wildman–Crippen LogP) is 4.69. The van der Waals surface area contributed by atoms with Crippen LogP contribution in [0.15, 0.2) is 52.4 Å². The highest BCUT2D eigenvalue weighted by Crippen LogP contribution is 2.41. The number of nitrogens with zero attached hydrogens (tertiary/aromatic N) is 2. The second kappa shape index (κ2) is 11.1. The van der Waals surface area contributed by atoms with Crippen LogP contribution in [0.4, 0.5) is 11.4 Å². The van der Waals surface area contributed by atoms with Gasteiger partial charge in [0.15, 0.2) is 0 Å². The third-order valence-corrected chi connectivity index (χ3v) is 8.04. The first-order valence-electron chi connectivity index (χ1n) is 12.2. The van der Waals surface area contributed by atoms with Crippen molar-refractivity contribution in [1.82, 2.24) is 10.2 Å². The lowest BCUT2D eigenvalue weighted by Crippen LogP contribution is -2.34. The van der Waals surface area contributed by atoms with Gasteiger partial charge in [0.2, 0.25) is 0 Å². The molecule has 1 aliphatic heterocycles. The lowest BCUT2D eigenvalue weighted by molar-refractivity contribution is 0.0766. The van der Waals surface area contributed by atoms with Crippen LogP contribution in [-0.2, 0) is 10.0 Å². The Kier molecular flexibility index (Phi) is 8.00. The van der Waals surface area contributed by atoms with Crippen LogP contribution >= 0.6 is 0 Å². The summed E-state index contributed by atoms with van der Waals surface area (Å²) in [5.74, 6) is 0.330. The Bertz CT molecular complexity index is 1120. The van der Waals surface area contributed by atoms with E-state index in [9.17, 15) is 13.2 Å². The highest BCUT2D eigenvalue weighted by atomic mass is 32.2. The summed E-state index contributed by atoms with van der Waals surface area (Å²) in [4.78, 5) is 19.3. The van der Waals surface area contributed by atoms with Gasteiger partial charge in [-0.2, -0.15) is 0 Å². The van der Waals surface area contributed by atoms with Gasteiger partial charge in [0.1, 0.15) is 0 Å². The fraction of sp³-hybridized carbons (Fsp3) is 0.462. The van der Waals surface area contributed by atoms with Gasteiger partial charge < -0.3 is 10.2 Å². The number of rotatable bonds is 6. The Morgan fingerprint density at radius 2 is 1.79 bits per heavy atom. The third kappa shape index (κ3) is 5.67. The number of sulfonamides is 1. The number of hydrogen-bond acceptors (Lipinski definition) is 5. The maximum atomic E-state index is 13.2. The van der Waals surface area contributed by atoms with Crippen LogP contribution in [0.5, 0.6) is 0 Å². The Morgan fingerprint density at radius 1 is 1.03 bits per heavy atom. The average Bonchev–Trinajstić information content (AvgIpc) is 3.15. The quantitative estimate of drug-likeness (QED) is 0.584. The van der Waals surface area contributed by atoms with Crippen LogP contribution in [0.25, 0.3) is 0 Å². The smallest absolute Gasteiger partial charge is 0.261 e. The molecule has 2 aromatic carbocycles. The summed E-state index contributed by atoms with van der Waals surface area (Å²) in [6.07, 6.45) is 8.45. The SMILES string of the molecule is CC=Nc1c(NS(=O)(=O)c2ccc(C(=O)N3CCCNCC3)cc2)cccc1C1CCCCC1. The van der Waals surface area contributed by atoms with E-state index in [0.717, 1.165) is 37.9 Å². The van der Waals surface area contributed by atoms with Crippen molar-refractivity contribution in [1.29, 1.82) is 0 Å². The van der Waals surface area contributed by atoms with E-state index in [2.05, 4.69) is 21.1 Å². The Balaban J connectivity index is 1.55. The van der Waals surface area contributed by atoms with E-state index in [1.54, 1.807) is 24.4 Å². The monoisotopic (exact) mass is 482 g/mol. The fourth-order valence-corrected chi connectivity index (χ4v) is 5.94. The molecule has 0 bridgehead atoms. The molecule has 1 saturated heterocycles. The largest absolute Gasteiger partial charge is 0.337 e. The summed E-state index contributed by atoms with van der Waals surface area (Å²) >= 11 is 0. The van der Waals surface area contributed by atoms with Gasteiger partial charge in [0, 0.05) is 31.4 Å². The molecular weight excluding hydrogens is 448 g/mol. The van der Waals surface area contributed by atoms with Crippen LogP contribution in [-0.4, -0.2) is 51.6 Å². The minimum absolute atomic E-state index is 0.0691. The van der Waals surface area contributed by atoms with Gasteiger partial charge in [-0.05, 0) is 74.5 Å². The summed E-state index contributed by atoms with van der Waals surface area (Å²) in [5, 5.41) is 3.28. The zero-order valence-electron chi connectivity index (χ0n) is 19.8. The van der Waals surface area contributed by atoms with Crippen LogP contribution in [0, 0.1) is 0 Å². The molecule has 1 heterocycles. The molecule has 2 aliphatic rings. The Morgan fingerprint density at radius 3 is 2.53 bits per heavy atom. The summed E-state index contributed by atoms with van der Waals surface area (Å²) in [6, 6.07) is 11.9. The van der Waals surface area contributed by atoms with Gasteiger partial charge in [-0.3, -0.25) is 14.5 Å². The molecule has 34 heavy (non-hydrogen) atoms. The zero-order chi connectivity index (χ0) is 24.0. The Hall–Kier alpha value is -2.71. The van der Waals surface area contributed by atoms with Crippen molar-refractivity contribution in [2.45, 2.75) is 56.3 Å². The van der Waals surface area contributed by atoms with E-state index in [1.165, 1.54) is 31.4 Å². The standard InChI is InChI=1S/C26H34N4O3S/c1-2-28-25-23(20-8-4-3-5-9-20)10-6-11-24(25)29-34(32,33)22-14-12-21(13-15-22)26(31)30-18-7-16-27-17-19-30/h2,6,10-15,20,27,29H,3-5,7-9,16-19H2,1H3. The molecule has 0 radical (unpaired) electrons. The molecule has 0 unspecified atom stereocenters. The van der Waals surface area contributed by atoms with E-state index < -0.39 is 10.0 Å². The van der Waals surface area contributed by atoms with Crippen LogP contribution < -0.4 is 10.0 Å². The molecule has 7 nitrogen and oxygen atoms in total. The number of nitrogens with one attached hydrogen (secondary N) is 2. The predicted molar refractivity (Wildman–Crippen MR) is 137 cm³/mol. The van der Waals surface area contributed by atoms with Gasteiger partial charge in [0.05, 0.1) is 16.3 Å². The molecule has 1 amide bonds. The molecule has 0 atom stereocenters. The molecule has 0 aromatic heterocycles. The molecule has 2 aromatic rings. The number of hydrogen-bond donors (Lipinski definition) is 2. The lowest BCUT2D eigenvalue weighted by Gasteiger charge is -2.24. The molecule has 0 spiro atoms. The van der Waals surface area contributed by atoms with Crippen molar-refractivity contribution in [3.8, 4) is 0 Å². The third-order valence-electron chi connectivity index (χ3n) is 6.65. The maximum absolute atomic E-state index is 13.2. The highest BCUT2D eigenvalue weighted by molar-refractivity contribution is 7.92. The lowest BCUT2D eigenvalue weighted by atomic mass is 9.83. The molecule has 2 fully saturated rings. The van der Waals surface area contributed by atoms with Gasteiger partial charge >= 0.3 is 0 Å².